The van der Waals surface area contributed by atoms with Crippen molar-refractivity contribution in [1.82, 2.24) is 5.06 Å². The van der Waals surface area contributed by atoms with Gasteiger partial charge in [-0.25, -0.2) is 9.86 Å². The van der Waals surface area contributed by atoms with Crippen molar-refractivity contribution in [1.29, 1.82) is 0 Å². The Hall–Kier alpha value is -1.88. The topological polar surface area (TPSA) is 66.8 Å². The molecule has 0 aliphatic rings. The molecule has 1 N–H and O–H groups in total. The van der Waals surface area contributed by atoms with Gasteiger partial charge in [0.15, 0.2) is 6.04 Å². The SMILES string of the molecule is CON(C(=O)c1ccccc1)[C@H](C)C(=O)O. The number of carboxylic acids is 1. The molecule has 1 rings (SSSR count). The first-order chi connectivity index (χ1) is 7.57. The molecule has 1 aromatic carbocycles. The zero-order chi connectivity index (χ0) is 12.1. The summed E-state index contributed by atoms with van der Waals surface area (Å²) < 4.78 is 0. The number of rotatable bonds is 4. The van der Waals surface area contributed by atoms with Gasteiger partial charge in [0.05, 0.1) is 7.11 Å². The Morgan fingerprint density at radius 1 is 1.31 bits per heavy atom. The van der Waals surface area contributed by atoms with Crippen LogP contribution < -0.4 is 0 Å². The summed E-state index contributed by atoms with van der Waals surface area (Å²) in [6, 6.07) is 7.34. The summed E-state index contributed by atoms with van der Waals surface area (Å²) in [6.45, 7) is 1.38. The first-order valence-corrected chi connectivity index (χ1v) is 4.73. The molecule has 0 saturated carbocycles. The summed E-state index contributed by atoms with van der Waals surface area (Å²) in [7, 11) is 1.26. The average molecular weight is 223 g/mol. The van der Waals surface area contributed by atoms with Crippen LogP contribution in [0.5, 0.6) is 0 Å². The Morgan fingerprint density at radius 2 is 1.88 bits per heavy atom. The van der Waals surface area contributed by atoms with E-state index < -0.39 is 17.9 Å². The van der Waals surface area contributed by atoms with Crippen molar-refractivity contribution in [3.05, 3.63) is 35.9 Å². The number of aliphatic carboxylic acids is 1. The predicted octanol–water partition coefficient (Wildman–Crippen LogP) is 1.16. The third kappa shape index (κ3) is 2.58. The molecule has 0 aromatic heterocycles. The molecular weight excluding hydrogens is 210 g/mol. The second kappa shape index (κ2) is 5.27. The highest BCUT2D eigenvalue weighted by Crippen LogP contribution is 2.08. The molecular formula is C11H13NO4. The molecule has 0 aliphatic carbocycles. The minimum absolute atomic E-state index is 0.387. The molecule has 1 atom stereocenters. The smallest absolute Gasteiger partial charge is 0.328 e. The van der Waals surface area contributed by atoms with Gasteiger partial charge < -0.3 is 5.11 Å². The largest absolute Gasteiger partial charge is 0.480 e. The third-order valence-corrected chi connectivity index (χ3v) is 2.13. The van der Waals surface area contributed by atoms with Crippen molar-refractivity contribution in [3.63, 3.8) is 0 Å². The van der Waals surface area contributed by atoms with Crippen LogP contribution in [0.4, 0.5) is 0 Å². The Morgan fingerprint density at radius 3 is 2.31 bits per heavy atom. The van der Waals surface area contributed by atoms with Crippen molar-refractivity contribution < 1.29 is 19.5 Å². The standard InChI is InChI=1S/C11H13NO4/c1-8(11(14)15)12(16-2)10(13)9-6-4-3-5-7-9/h3-8H,1-2H3,(H,14,15)/t8-/m1/s1. The number of hydroxylamine groups is 2. The Labute approximate surface area is 93.2 Å². The van der Waals surface area contributed by atoms with E-state index in [0.29, 0.717) is 5.56 Å². The quantitative estimate of drug-likeness (QED) is 0.778. The maximum Gasteiger partial charge on any atom is 0.328 e. The predicted molar refractivity (Wildman–Crippen MR) is 56.7 cm³/mol. The van der Waals surface area contributed by atoms with Gasteiger partial charge in [-0.05, 0) is 19.1 Å². The van der Waals surface area contributed by atoms with Gasteiger partial charge in [0.25, 0.3) is 5.91 Å². The number of benzene rings is 1. The van der Waals surface area contributed by atoms with Gasteiger partial charge in [-0.1, -0.05) is 18.2 Å². The van der Waals surface area contributed by atoms with Crippen LogP contribution in [-0.2, 0) is 9.63 Å². The summed E-state index contributed by atoms with van der Waals surface area (Å²) in [6.07, 6.45) is 0. The molecule has 86 valence electrons. The number of hydrogen-bond acceptors (Lipinski definition) is 3. The van der Waals surface area contributed by atoms with Crippen LogP contribution in [0.3, 0.4) is 0 Å². The van der Waals surface area contributed by atoms with E-state index in [1.54, 1.807) is 30.3 Å². The zero-order valence-corrected chi connectivity index (χ0v) is 9.08. The molecule has 1 aromatic rings. The molecule has 0 aliphatic heterocycles. The maximum atomic E-state index is 11.9. The van der Waals surface area contributed by atoms with Crippen molar-refractivity contribution in [2.24, 2.45) is 0 Å². The molecule has 0 unspecified atom stereocenters. The molecule has 0 saturated heterocycles. The van der Waals surface area contributed by atoms with Gasteiger partial charge in [0.1, 0.15) is 0 Å². The van der Waals surface area contributed by atoms with Gasteiger partial charge in [-0.2, -0.15) is 0 Å². The van der Waals surface area contributed by atoms with E-state index in [2.05, 4.69) is 0 Å². The number of carbonyl (C=O) groups excluding carboxylic acids is 1. The highest BCUT2D eigenvalue weighted by atomic mass is 16.7. The lowest BCUT2D eigenvalue weighted by Gasteiger charge is -2.23. The summed E-state index contributed by atoms with van der Waals surface area (Å²) in [5, 5.41) is 9.64. The molecule has 0 radical (unpaired) electrons. The van der Waals surface area contributed by atoms with Crippen molar-refractivity contribution in [3.8, 4) is 0 Å². The van der Waals surface area contributed by atoms with Gasteiger partial charge in [0, 0.05) is 5.56 Å². The first kappa shape index (κ1) is 12.2. The van der Waals surface area contributed by atoms with Gasteiger partial charge >= 0.3 is 5.97 Å². The minimum atomic E-state index is -1.12. The first-order valence-electron chi connectivity index (χ1n) is 4.73. The van der Waals surface area contributed by atoms with E-state index in [1.165, 1.54) is 14.0 Å². The maximum absolute atomic E-state index is 11.9. The molecule has 0 fully saturated rings. The van der Waals surface area contributed by atoms with E-state index >= 15 is 0 Å². The molecule has 1 amide bonds. The van der Waals surface area contributed by atoms with Gasteiger partial charge in [0.2, 0.25) is 0 Å². The summed E-state index contributed by atoms with van der Waals surface area (Å²) in [4.78, 5) is 27.4. The van der Waals surface area contributed by atoms with E-state index in [4.69, 9.17) is 9.94 Å². The lowest BCUT2D eigenvalue weighted by Crippen LogP contribution is -2.42. The Balaban J connectivity index is 2.90. The summed E-state index contributed by atoms with van der Waals surface area (Å²) in [5.41, 5.74) is 0.387. The van der Waals surface area contributed by atoms with Crippen LogP contribution >= 0.6 is 0 Å². The van der Waals surface area contributed by atoms with Crippen LogP contribution in [0.2, 0.25) is 0 Å². The Bertz CT molecular complexity index is 377. The second-order valence-electron chi connectivity index (χ2n) is 3.19. The van der Waals surface area contributed by atoms with E-state index in [-0.39, 0.29) is 0 Å². The monoisotopic (exact) mass is 223 g/mol. The molecule has 0 heterocycles. The number of amides is 1. The molecule has 0 spiro atoms. The second-order valence-corrected chi connectivity index (χ2v) is 3.19. The van der Waals surface area contributed by atoms with E-state index in [9.17, 15) is 9.59 Å². The highest BCUT2D eigenvalue weighted by molar-refractivity contribution is 5.95. The minimum Gasteiger partial charge on any atom is -0.480 e. The van der Waals surface area contributed by atoms with Crippen LogP contribution in [0.25, 0.3) is 0 Å². The lowest BCUT2D eigenvalue weighted by atomic mass is 10.2. The fourth-order valence-electron chi connectivity index (χ4n) is 1.23. The van der Waals surface area contributed by atoms with E-state index in [0.717, 1.165) is 5.06 Å². The fraction of sp³-hybridized carbons (Fsp3) is 0.273. The third-order valence-electron chi connectivity index (χ3n) is 2.13. The molecule has 5 heteroatoms. The van der Waals surface area contributed by atoms with Gasteiger partial charge in [-0.3, -0.25) is 9.63 Å². The van der Waals surface area contributed by atoms with Crippen LogP contribution in [0.1, 0.15) is 17.3 Å². The van der Waals surface area contributed by atoms with Crippen molar-refractivity contribution in [2.75, 3.05) is 7.11 Å². The highest BCUT2D eigenvalue weighted by Gasteiger charge is 2.26. The molecule has 16 heavy (non-hydrogen) atoms. The zero-order valence-electron chi connectivity index (χ0n) is 9.08. The Kier molecular flexibility index (Phi) is 4.02. The summed E-state index contributed by atoms with van der Waals surface area (Å²) in [5.74, 6) is -1.59. The van der Waals surface area contributed by atoms with E-state index in [1.807, 2.05) is 0 Å². The number of carboxylic acid groups (broad SMARTS) is 1. The number of carbonyl (C=O) groups is 2. The van der Waals surface area contributed by atoms with Gasteiger partial charge in [-0.15, -0.1) is 0 Å². The van der Waals surface area contributed by atoms with Crippen LogP contribution in [-0.4, -0.2) is 35.2 Å². The lowest BCUT2D eigenvalue weighted by molar-refractivity contribution is -0.163. The van der Waals surface area contributed by atoms with Crippen molar-refractivity contribution >= 4 is 11.9 Å². The van der Waals surface area contributed by atoms with Crippen LogP contribution in [0.15, 0.2) is 30.3 Å². The average Bonchev–Trinajstić information content (AvgIpc) is 2.30. The van der Waals surface area contributed by atoms with Crippen molar-refractivity contribution in [2.45, 2.75) is 13.0 Å². The summed E-state index contributed by atoms with van der Waals surface area (Å²) >= 11 is 0. The fourth-order valence-corrected chi connectivity index (χ4v) is 1.23. The number of hydrogen-bond donors (Lipinski definition) is 1. The molecule has 0 bridgehead atoms. The van der Waals surface area contributed by atoms with Crippen LogP contribution in [0, 0.1) is 0 Å². The molecule has 5 nitrogen and oxygen atoms in total. The number of nitrogens with zero attached hydrogens (tertiary/aromatic N) is 1. The normalized spacial score (nSPS) is 11.9.